The van der Waals surface area contributed by atoms with Crippen molar-refractivity contribution in [1.29, 1.82) is 0 Å². The van der Waals surface area contributed by atoms with Gasteiger partial charge in [-0.25, -0.2) is 0 Å². The Balaban J connectivity index is 2.64. The van der Waals surface area contributed by atoms with Crippen LogP contribution in [0.2, 0.25) is 10.0 Å². The van der Waals surface area contributed by atoms with Gasteiger partial charge in [0.25, 0.3) is 0 Å². The summed E-state index contributed by atoms with van der Waals surface area (Å²) in [7, 11) is 1.54. The molecule has 0 aliphatic carbocycles. The van der Waals surface area contributed by atoms with Crippen LogP contribution in [0.25, 0.3) is 6.08 Å². The monoisotopic (exact) mass is 317 g/mol. The highest BCUT2D eigenvalue weighted by Crippen LogP contribution is 2.26. The third-order valence-electron chi connectivity index (χ3n) is 2.59. The van der Waals surface area contributed by atoms with Crippen LogP contribution in [-0.4, -0.2) is 37.4 Å². The van der Waals surface area contributed by atoms with Crippen molar-refractivity contribution in [3.63, 3.8) is 0 Å². The van der Waals surface area contributed by atoms with Gasteiger partial charge in [-0.2, -0.15) is 0 Å². The lowest BCUT2D eigenvalue weighted by Gasteiger charge is -2.15. The van der Waals surface area contributed by atoms with E-state index in [0.29, 0.717) is 28.6 Å². The van der Waals surface area contributed by atoms with Gasteiger partial charge < -0.3 is 15.2 Å². The van der Waals surface area contributed by atoms with E-state index in [1.165, 1.54) is 13.2 Å². The van der Waals surface area contributed by atoms with Gasteiger partial charge >= 0.3 is 0 Å². The fraction of sp³-hybridized carbons (Fsp3) is 0.357. The van der Waals surface area contributed by atoms with E-state index in [1.54, 1.807) is 24.3 Å². The summed E-state index contributed by atoms with van der Waals surface area (Å²) in [5.41, 5.74) is 0.666. The van der Waals surface area contributed by atoms with Gasteiger partial charge in [0, 0.05) is 19.8 Å². The van der Waals surface area contributed by atoms with Gasteiger partial charge in [0.1, 0.15) is 0 Å². The van der Waals surface area contributed by atoms with Crippen LogP contribution in [0.4, 0.5) is 0 Å². The van der Waals surface area contributed by atoms with Crippen LogP contribution in [0.15, 0.2) is 24.3 Å². The molecule has 0 bridgehead atoms. The molecule has 0 aromatic heterocycles. The molecule has 1 aromatic rings. The van der Waals surface area contributed by atoms with Gasteiger partial charge in [-0.3, -0.25) is 4.79 Å². The molecule has 0 saturated heterocycles. The largest absolute Gasteiger partial charge is 0.396 e. The number of halogens is 2. The SMILES string of the molecule is COCC(CCO)NC(=O)/C=C/c1cccc(Cl)c1Cl. The number of ether oxygens (including phenoxy) is 1. The van der Waals surface area contributed by atoms with Crippen LogP contribution in [-0.2, 0) is 9.53 Å². The van der Waals surface area contributed by atoms with E-state index in [4.69, 9.17) is 33.0 Å². The Kier molecular flexibility index (Phi) is 7.62. The molecule has 1 atom stereocenters. The van der Waals surface area contributed by atoms with Crippen molar-refractivity contribution in [2.75, 3.05) is 20.3 Å². The summed E-state index contributed by atoms with van der Waals surface area (Å²) in [5, 5.41) is 12.5. The molecule has 0 aliphatic heterocycles. The van der Waals surface area contributed by atoms with E-state index in [9.17, 15) is 4.79 Å². The molecule has 110 valence electrons. The van der Waals surface area contributed by atoms with Gasteiger partial charge in [0.2, 0.25) is 5.91 Å². The minimum Gasteiger partial charge on any atom is -0.396 e. The Morgan fingerprint density at radius 3 is 2.90 bits per heavy atom. The van der Waals surface area contributed by atoms with E-state index >= 15 is 0 Å². The van der Waals surface area contributed by atoms with Crippen LogP contribution in [0, 0.1) is 0 Å². The molecule has 0 aliphatic rings. The van der Waals surface area contributed by atoms with Crippen molar-refractivity contribution in [3.8, 4) is 0 Å². The fourth-order valence-corrected chi connectivity index (χ4v) is 1.99. The molecule has 0 fully saturated rings. The molecule has 1 amide bonds. The lowest BCUT2D eigenvalue weighted by atomic mass is 10.2. The molecule has 4 nitrogen and oxygen atoms in total. The Labute approximate surface area is 128 Å². The molecule has 2 N–H and O–H groups in total. The summed E-state index contributed by atoms with van der Waals surface area (Å²) in [6.45, 7) is 0.330. The number of carbonyl (C=O) groups is 1. The lowest BCUT2D eigenvalue weighted by molar-refractivity contribution is -0.117. The first kappa shape index (κ1) is 17.0. The average Bonchev–Trinajstić information content (AvgIpc) is 2.41. The lowest BCUT2D eigenvalue weighted by Crippen LogP contribution is -2.37. The maximum Gasteiger partial charge on any atom is 0.244 e. The Hall–Kier alpha value is -1.07. The highest BCUT2D eigenvalue weighted by molar-refractivity contribution is 6.42. The van der Waals surface area contributed by atoms with Crippen molar-refractivity contribution < 1.29 is 14.6 Å². The maximum absolute atomic E-state index is 11.8. The van der Waals surface area contributed by atoms with Crippen LogP contribution in [0.3, 0.4) is 0 Å². The Bertz CT molecular complexity index is 471. The van der Waals surface area contributed by atoms with E-state index in [0.717, 1.165) is 0 Å². The van der Waals surface area contributed by atoms with E-state index in [-0.39, 0.29) is 18.6 Å². The first-order valence-corrected chi connectivity index (χ1v) is 6.86. The number of rotatable bonds is 7. The number of methoxy groups -OCH3 is 1. The molecule has 0 radical (unpaired) electrons. The zero-order valence-corrected chi connectivity index (χ0v) is 12.6. The van der Waals surface area contributed by atoms with Crippen molar-refractivity contribution >= 4 is 35.2 Å². The molecular formula is C14H17Cl2NO3. The molecule has 1 unspecified atom stereocenters. The number of aliphatic hydroxyl groups is 1. The fourth-order valence-electron chi connectivity index (χ4n) is 1.62. The summed E-state index contributed by atoms with van der Waals surface area (Å²) in [4.78, 5) is 11.8. The number of hydrogen-bond acceptors (Lipinski definition) is 3. The topological polar surface area (TPSA) is 58.6 Å². The van der Waals surface area contributed by atoms with Gasteiger partial charge in [-0.1, -0.05) is 35.3 Å². The highest BCUT2D eigenvalue weighted by Gasteiger charge is 2.09. The molecular weight excluding hydrogens is 301 g/mol. The Morgan fingerprint density at radius 2 is 2.25 bits per heavy atom. The summed E-state index contributed by atoms with van der Waals surface area (Å²) < 4.78 is 4.97. The molecule has 1 rings (SSSR count). The van der Waals surface area contributed by atoms with Gasteiger partial charge in [0.15, 0.2) is 0 Å². The van der Waals surface area contributed by atoms with Crippen molar-refractivity contribution in [3.05, 3.63) is 39.9 Å². The van der Waals surface area contributed by atoms with Crippen LogP contribution in [0.5, 0.6) is 0 Å². The van der Waals surface area contributed by atoms with Gasteiger partial charge in [-0.05, 0) is 24.1 Å². The summed E-state index contributed by atoms with van der Waals surface area (Å²) in [5.74, 6) is -0.281. The quantitative estimate of drug-likeness (QED) is 0.760. The third-order valence-corrected chi connectivity index (χ3v) is 3.42. The number of hydrogen-bond donors (Lipinski definition) is 2. The number of benzene rings is 1. The molecule has 6 heteroatoms. The standard InChI is InChI=1S/C14H17Cl2NO3/c1-20-9-11(7-8-18)17-13(19)6-5-10-3-2-4-12(15)14(10)16/h2-6,11,18H,7-9H2,1H3,(H,17,19)/b6-5+. The molecule has 0 saturated carbocycles. The highest BCUT2D eigenvalue weighted by atomic mass is 35.5. The van der Waals surface area contributed by atoms with Crippen molar-refractivity contribution in [1.82, 2.24) is 5.32 Å². The normalized spacial score (nSPS) is 12.6. The van der Waals surface area contributed by atoms with Crippen LogP contribution < -0.4 is 5.32 Å². The average molecular weight is 318 g/mol. The predicted molar refractivity (Wildman–Crippen MR) is 81.0 cm³/mol. The van der Waals surface area contributed by atoms with Crippen molar-refractivity contribution in [2.24, 2.45) is 0 Å². The van der Waals surface area contributed by atoms with Gasteiger partial charge in [0.05, 0.1) is 22.7 Å². The minimum atomic E-state index is -0.281. The summed E-state index contributed by atoms with van der Waals surface area (Å²) in [6, 6.07) is 4.97. The third kappa shape index (κ3) is 5.51. The first-order chi connectivity index (χ1) is 9.58. The molecule has 0 heterocycles. The summed E-state index contributed by atoms with van der Waals surface area (Å²) in [6.07, 6.45) is 3.40. The summed E-state index contributed by atoms with van der Waals surface area (Å²) >= 11 is 11.9. The minimum absolute atomic E-state index is 0.0157. The van der Waals surface area contributed by atoms with Crippen LogP contribution in [0.1, 0.15) is 12.0 Å². The molecule has 0 spiro atoms. The first-order valence-electron chi connectivity index (χ1n) is 6.11. The van der Waals surface area contributed by atoms with E-state index < -0.39 is 0 Å². The molecule has 1 aromatic carbocycles. The second-order valence-electron chi connectivity index (χ2n) is 4.15. The molecule has 20 heavy (non-hydrogen) atoms. The number of nitrogens with one attached hydrogen (secondary N) is 1. The smallest absolute Gasteiger partial charge is 0.244 e. The van der Waals surface area contributed by atoms with Crippen LogP contribution >= 0.6 is 23.2 Å². The maximum atomic E-state index is 11.8. The Morgan fingerprint density at radius 1 is 1.50 bits per heavy atom. The number of carbonyl (C=O) groups excluding carboxylic acids is 1. The van der Waals surface area contributed by atoms with E-state index in [2.05, 4.69) is 5.32 Å². The van der Waals surface area contributed by atoms with E-state index in [1.807, 2.05) is 0 Å². The second-order valence-corrected chi connectivity index (χ2v) is 4.93. The van der Waals surface area contributed by atoms with Crippen molar-refractivity contribution in [2.45, 2.75) is 12.5 Å². The van der Waals surface area contributed by atoms with Gasteiger partial charge in [-0.15, -0.1) is 0 Å². The number of amides is 1. The number of aliphatic hydroxyl groups excluding tert-OH is 1. The zero-order valence-electron chi connectivity index (χ0n) is 11.1. The second kappa shape index (κ2) is 8.97. The zero-order chi connectivity index (χ0) is 15.0. The predicted octanol–water partition coefficient (Wildman–Crippen LogP) is 2.52.